The summed E-state index contributed by atoms with van der Waals surface area (Å²) >= 11 is 0. The van der Waals surface area contributed by atoms with Gasteiger partial charge in [-0.05, 0) is 44.2 Å². The molecular weight excluding hydrogens is 302 g/mol. The van der Waals surface area contributed by atoms with Crippen LogP contribution in [0.4, 0.5) is 0 Å². The summed E-state index contributed by atoms with van der Waals surface area (Å²) in [6, 6.07) is 10.5. The molecule has 2 atom stereocenters. The number of hydrogen-bond acceptors (Lipinski definition) is 4. The molecule has 0 aliphatic rings. The first kappa shape index (κ1) is 16.3. The third kappa shape index (κ3) is 3.49. The number of nitrogens with one attached hydrogen (secondary N) is 2. The number of benzene rings is 1. The number of H-pyrrole nitrogens is 1. The van der Waals surface area contributed by atoms with E-state index in [1.165, 1.54) is 0 Å². The molecule has 0 fully saturated rings. The molecule has 3 rings (SSSR count). The molecule has 1 aromatic carbocycles. The van der Waals surface area contributed by atoms with Crippen LogP contribution in [0.3, 0.4) is 0 Å². The van der Waals surface area contributed by atoms with Gasteiger partial charge in [0.2, 0.25) is 0 Å². The third-order valence-corrected chi connectivity index (χ3v) is 4.38. The van der Waals surface area contributed by atoms with Gasteiger partial charge < -0.3 is 10.1 Å². The lowest BCUT2D eigenvalue weighted by atomic mass is 10.1. The van der Waals surface area contributed by atoms with Crippen LogP contribution in [0.15, 0.2) is 48.9 Å². The summed E-state index contributed by atoms with van der Waals surface area (Å²) in [5.74, 6) is 0.847. The van der Waals surface area contributed by atoms with Crippen LogP contribution in [0.1, 0.15) is 25.5 Å². The number of aromatic nitrogens is 4. The van der Waals surface area contributed by atoms with Crippen molar-refractivity contribution in [1.29, 1.82) is 0 Å². The quantitative estimate of drug-likeness (QED) is 0.701. The van der Waals surface area contributed by atoms with E-state index in [1.54, 1.807) is 13.3 Å². The van der Waals surface area contributed by atoms with Crippen LogP contribution in [0.25, 0.3) is 11.3 Å². The summed E-state index contributed by atoms with van der Waals surface area (Å²) in [5.41, 5.74) is 3.27. The second-order valence-electron chi connectivity index (χ2n) is 5.89. The van der Waals surface area contributed by atoms with Crippen molar-refractivity contribution in [2.75, 3.05) is 7.11 Å². The Kier molecular flexibility index (Phi) is 4.96. The van der Waals surface area contributed by atoms with E-state index >= 15 is 0 Å². The van der Waals surface area contributed by atoms with Gasteiger partial charge >= 0.3 is 0 Å². The van der Waals surface area contributed by atoms with E-state index < -0.39 is 0 Å². The van der Waals surface area contributed by atoms with Gasteiger partial charge in [-0.2, -0.15) is 10.2 Å². The van der Waals surface area contributed by atoms with E-state index in [1.807, 2.05) is 47.4 Å². The van der Waals surface area contributed by atoms with Gasteiger partial charge in [0.15, 0.2) is 0 Å². The van der Waals surface area contributed by atoms with Crippen molar-refractivity contribution in [2.24, 2.45) is 0 Å². The van der Waals surface area contributed by atoms with Gasteiger partial charge in [0.05, 0.1) is 25.0 Å². The molecule has 3 aromatic rings. The van der Waals surface area contributed by atoms with Crippen molar-refractivity contribution in [2.45, 2.75) is 32.5 Å². The fourth-order valence-electron chi connectivity index (χ4n) is 2.64. The second-order valence-corrected chi connectivity index (χ2v) is 5.89. The fourth-order valence-corrected chi connectivity index (χ4v) is 2.64. The SMILES string of the molecule is COc1ccc(-c2[nH]ncc2CN[C@H](C)[C@@H](C)n2cccn2)cc1. The van der Waals surface area contributed by atoms with Gasteiger partial charge in [-0.25, -0.2) is 0 Å². The average Bonchev–Trinajstić information content (AvgIpc) is 3.30. The first-order valence-electron chi connectivity index (χ1n) is 8.08. The molecule has 0 spiro atoms. The zero-order chi connectivity index (χ0) is 16.9. The summed E-state index contributed by atoms with van der Waals surface area (Å²) in [7, 11) is 1.67. The normalized spacial score (nSPS) is 13.6. The summed E-state index contributed by atoms with van der Waals surface area (Å²) in [6.07, 6.45) is 5.67. The van der Waals surface area contributed by atoms with Crippen molar-refractivity contribution in [3.05, 3.63) is 54.5 Å². The lowest BCUT2D eigenvalue weighted by Gasteiger charge is -2.21. The highest BCUT2D eigenvalue weighted by Crippen LogP contribution is 2.24. The first-order chi connectivity index (χ1) is 11.7. The Morgan fingerprint density at radius 2 is 2.04 bits per heavy atom. The Balaban J connectivity index is 1.67. The van der Waals surface area contributed by atoms with Gasteiger partial charge in [0.1, 0.15) is 5.75 Å². The van der Waals surface area contributed by atoms with E-state index in [0.717, 1.165) is 29.1 Å². The van der Waals surface area contributed by atoms with Crippen molar-refractivity contribution in [3.63, 3.8) is 0 Å². The molecule has 126 valence electrons. The molecule has 0 radical (unpaired) electrons. The molecule has 0 aliphatic carbocycles. The van der Waals surface area contributed by atoms with Crippen molar-refractivity contribution >= 4 is 0 Å². The van der Waals surface area contributed by atoms with Gasteiger partial charge in [-0.15, -0.1) is 0 Å². The Labute approximate surface area is 141 Å². The largest absolute Gasteiger partial charge is 0.497 e. The summed E-state index contributed by atoms with van der Waals surface area (Å²) in [6.45, 7) is 5.06. The summed E-state index contributed by atoms with van der Waals surface area (Å²) < 4.78 is 7.18. The molecule has 2 heterocycles. The van der Waals surface area contributed by atoms with Gasteiger partial charge in [0, 0.05) is 36.1 Å². The van der Waals surface area contributed by atoms with Gasteiger partial charge in [0.25, 0.3) is 0 Å². The van der Waals surface area contributed by atoms with Crippen LogP contribution in [-0.4, -0.2) is 33.1 Å². The summed E-state index contributed by atoms with van der Waals surface area (Å²) in [5, 5.41) is 15.2. The topological polar surface area (TPSA) is 67.8 Å². The smallest absolute Gasteiger partial charge is 0.118 e. The molecular formula is C18H23N5O. The fraction of sp³-hybridized carbons (Fsp3) is 0.333. The maximum Gasteiger partial charge on any atom is 0.118 e. The molecule has 0 unspecified atom stereocenters. The van der Waals surface area contributed by atoms with Crippen LogP contribution < -0.4 is 10.1 Å². The van der Waals surface area contributed by atoms with Crippen molar-refractivity contribution in [1.82, 2.24) is 25.3 Å². The number of nitrogens with zero attached hydrogens (tertiary/aromatic N) is 3. The molecule has 6 heteroatoms. The average molecular weight is 325 g/mol. The van der Waals surface area contributed by atoms with Crippen molar-refractivity contribution < 1.29 is 4.74 Å². The Hall–Kier alpha value is -2.60. The predicted octanol–water partition coefficient (Wildman–Crippen LogP) is 3.02. The Bertz CT molecular complexity index is 748. The van der Waals surface area contributed by atoms with Crippen LogP contribution in [-0.2, 0) is 6.54 Å². The highest BCUT2D eigenvalue weighted by Gasteiger charge is 2.15. The van der Waals surface area contributed by atoms with E-state index in [-0.39, 0.29) is 12.1 Å². The number of hydrogen-bond donors (Lipinski definition) is 2. The minimum absolute atomic E-state index is 0.274. The third-order valence-electron chi connectivity index (χ3n) is 4.38. The van der Waals surface area contributed by atoms with Crippen LogP contribution in [0.5, 0.6) is 5.75 Å². The highest BCUT2D eigenvalue weighted by atomic mass is 16.5. The minimum atomic E-state index is 0.274. The monoisotopic (exact) mass is 325 g/mol. The molecule has 6 nitrogen and oxygen atoms in total. The Morgan fingerprint density at radius 1 is 1.25 bits per heavy atom. The molecule has 0 saturated carbocycles. The van der Waals surface area contributed by atoms with E-state index in [4.69, 9.17) is 4.74 Å². The minimum Gasteiger partial charge on any atom is -0.497 e. The highest BCUT2D eigenvalue weighted by molar-refractivity contribution is 5.63. The number of ether oxygens (including phenoxy) is 1. The van der Waals surface area contributed by atoms with Crippen LogP contribution >= 0.6 is 0 Å². The molecule has 0 bridgehead atoms. The molecule has 0 aliphatic heterocycles. The number of aromatic amines is 1. The lowest BCUT2D eigenvalue weighted by Crippen LogP contribution is -2.33. The maximum absolute atomic E-state index is 5.21. The number of rotatable bonds is 7. The molecule has 24 heavy (non-hydrogen) atoms. The van der Waals surface area contributed by atoms with E-state index in [0.29, 0.717) is 0 Å². The van der Waals surface area contributed by atoms with E-state index in [9.17, 15) is 0 Å². The maximum atomic E-state index is 5.21. The molecule has 0 saturated heterocycles. The molecule has 2 N–H and O–H groups in total. The first-order valence-corrected chi connectivity index (χ1v) is 8.08. The van der Waals surface area contributed by atoms with E-state index in [2.05, 4.69) is 34.5 Å². The summed E-state index contributed by atoms with van der Waals surface area (Å²) in [4.78, 5) is 0. The zero-order valence-electron chi connectivity index (χ0n) is 14.2. The van der Waals surface area contributed by atoms with Crippen molar-refractivity contribution in [3.8, 4) is 17.0 Å². The van der Waals surface area contributed by atoms with Gasteiger partial charge in [-0.1, -0.05) is 0 Å². The lowest BCUT2D eigenvalue weighted by molar-refractivity contribution is 0.365. The number of methoxy groups -OCH3 is 1. The van der Waals surface area contributed by atoms with Crippen LogP contribution in [0.2, 0.25) is 0 Å². The van der Waals surface area contributed by atoms with Crippen LogP contribution in [0, 0.1) is 0 Å². The standard InChI is InChI=1S/C18H23N5O/c1-13(14(2)23-10-4-9-21-23)19-11-16-12-20-22-18(16)15-5-7-17(24-3)8-6-15/h4-10,12-14,19H,11H2,1-3H3,(H,20,22)/t13-,14-/m1/s1. The van der Waals surface area contributed by atoms with Gasteiger partial charge in [-0.3, -0.25) is 9.78 Å². The second kappa shape index (κ2) is 7.31. The zero-order valence-corrected chi connectivity index (χ0v) is 14.2. The predicted molar refractivity (Wildman–Crippen MR) is 93.8 cm³/mol. The molecule has 0 amide bonds. The molecule has 2 aromatic heterocycles. The Morgan fingerprint density at radius 3 is 2.71 bits per heavy atom.